The van der Waals surface area contributed by atoms with Crippen molar-refractivity contribution in [3.8, 4) is 11.8 Å². The molecule has 0 atom stereocenters. The SMILES string of the molecule is [2H]C([2H])(C#Cc1ccc(Cl)cc1)NCC(N)=O. The summed E-state index contributed by atoms with van der Waals surface area (Å²) in [5.74, 6) is 4.37. The van der Waals surface area contributed by atoms with E-state index in [1.165, 1.54) is 0 Å². The lowest BCUT2D eigenvalue weighted by Gasteiger charge is -1.93. The van der Waals surface area contributed by atoms with Gasteiger partial charge in [0.05, 0.1) is 15.8 Å². The highest BCUT2D eigenvalue weighted by atomic mass is 35.5. The molecule has 4 heteroatoms. The molecule has 0 aromatic heterocycles. The lowest BCUT2D eigenvalue weighted by molar-refractivity contribution is -0.117. The number of halogens is 1. The van der Waals surface area contributed by atoms with Gasteiger partial charge >= 0.3 is 0 Å². The van der Waals surface area contributed by atoms with E-state index in [9.17, 15) is 4.79 Å². The number of primary amides is 1. The van der Waals surface area contributed by atoms with Crippen molar-refractivity contribution in [2.45, 2.75) is 0 Å². The van der Waals surface area contributed by atoms with Gasteiger partial charge in [-0.3, -0.25) is 10.1 Å². The van der Waals surface area contributed by atoms with Gasteiger partial charge in [-0.2, -0.15) is 0 Å². The molecule has 0 saturated carbocycles. The van der Waals surface area contributed by atoms with E-state index >= 15 is 0 Å². The van der Waals surface area contributed by atoms with E-state index in [2.05, 4.69) is 17.2 Å². The summed E-state index contributed by atoms with van der Waals surface area (Å²) in [5, 5.41) is 2.89. The van der Waals surface area contributed by atoms with E-state index in [4.69, 9.17) is 20.1 Å². The second kappa shape index (κ2) is 6.07. The van der Waals surface area contributed by atoms with Crippen LogP contribution in [-0.2, 0) is 4.79 Å². The fourth-order valence-corrected chi connectivity index (χ4v) is 0.938. The van der Waals surface area contributed by atoms with Crippen LogP contribution in [0.15, 0.2) is 24.3 Å². The molecule has 78 valence electrons. The largest absolute Gasteiger partial charge is 0.369 e. The number of carbonyl (C=O) groups is 1. The Balaban J connectivity index is 2.69. The van der Waals surface area contributed by atoms with Crippen LogP contribution >= 0.6 is 11.6 Å². The van der Waals surface area contributed by atoms with E-state index in [-0.39, 0.29) is 6.54 Å². The summed E-state index contributed by atoms with van der Waals surface area (Å²) in [7, 11) is 0. The van der Waals surface area contributed by atoms with Crippen LogP contribution in [0.4, 0.5) is 0 Å². The molecule has 1 aromatic carbocycles. The molecule has 0 heterocycles. The van der Waals surface area contributed by atoms with Gasteiger partial charge in [-0.1, -0.05) is 23.4 Å². The third kappa shape index (κ3) is 5.06. The summed E-state index contributed by atoms with van der Waals surface area (Å²) in [6.07, 6.45) is 0. The Labute approximate surface area is 96.4 Å². The summed E-state index contributed by atoms with van der Waals surface area (Å²) in [6.45, 7) is -2.23. The van der Waals surface area contributed by atoms with Crippen molar-refractivity contribution in [1.29, 1.82) is 0 Å². The smallest absolute Gasteiger partial charge is 0.231 e. The first-order valence-electron chi connectivity index (χ1n) is 5.21. The maximum absolute atomic E-state index is 10.5. The first kappa shape index (κ1) is 8.78. The van der Waals surface area contributed by atoms with E-state index in [1.54, 1.807) is 24.3 Å². The first-order chi connectivity index (χ1) is 7.89. The molecule has 1 rings (SSSR count). The molecule has 0 aliphatic carbocycles. The van der Waals surface area contributed by atoms with Crippen LogP contribution in [0.1, 0.15) is 8.30 Å². The second-order valence-electron chi connectivity index (χ2n) is 2.70. The van der Waals surface area contributed by atoms with Crippen LogP contribution in [-0.4, -0.2) is 18.9 Å². The zero-order valence-corrected chi connectivity index (χ0v) is 8.64. The molecule has 0 saturated heterocycles. The fraction of sp³-hybridized carbons (Fsp3) is 0.182. The van der Waals surface area contributed by atoms with Crippen molar-refractivity contribution in [3.05, 3.63) is 34.9 Å². The van der Waals surface area contributed by atoms with Gasteiger partial charge < -0.3 is 5.73 Å². The van der Waals surface area contributed by atoms with Gasteiger partial charge in [0.1, 0.15) is 0 Å². The van der Waals surface area contributed by atoms with E-state index in [0.29, 0.717) is 10.6 Å². The Hall–Kier alpha value is -1.50. The van der Waals surface area contributed by atoms with Gasteiger partial charge in [-0.15, -0.1) is 0 Å². The number of benzene rings is 1. The van der Waals surface area contributed by atoms with Crippen LogP contribution in [0.3, 0.4) is 0 Å². The number of amides is 1. The molecule has 0 bridgehead atoms. The molecule has 0 unspecified atom stereocenters. The Morgan fingerprint density at radius 2 is 2.20 bits per heavy atom. The van der Waals surface area contributed by atoms with Crippen molar-refractivity contribution < 1.29 is 7.54 Å². The van der Waals surface area contributed by atoms with Gasteiger partial charge in [0.15, 0.2) is 0 Å². The molecule has 0 aliphatic heterocycles. The predicted molar refractivity (Wildman–Crippen MR) is 60.4 cm³/mol. The zero-order valence-electron chi connectivity index (χ0n) is 9.88. The standard InChI is InChI=1S/C11H11ClN2O/c12-10-5-3-9(4-6-10)2-1-7-14-8-11(13)15/h3-6,14H,7-8H2,(H2,13,15)/i7D2. The molecular weight excluding hydrogens is 212 g/mol. The third-order valence-electron chi connectivity index (χ3n) is 1.46. The first-order valence-corrected chi connectivity index (χ1v) is 4.59. The summed E-state index contributed by atoms with van der Waals surface area (Å²) < 4.78 is 14.9. The van der Waals surface area contributed by atoms with E-state index < -0.39 is 12.4 Å². The average Bonchev–Trinajstić information content (AvgIpc) is 2.26. The van der Waals surface area contributed by atoms with E-state index in [0.717, 1.165) is 0 Å². The molecule has 15 heavy (non-hydrogen) atoms. The highest BCUT2D eigenvalue weighted by molar-refractivity contribution is 6.30. The van der Waals surface area contributed by atoms with Crippen LogP contribution in [0.25, 0.3) is 0 Å². The minimum absolute atomic E-state index is 0.262. The number of carbonyl (C=O) groups excluding carboxylic acids is 1. The summed E-state index contributed by atoms with van der Waals surface area (Å²) in [5.41, 5.74) is 5.53. The Kier molecular flexibility index (Phi) is 3.55. The Morgan fingerprint density at radius 1 is 1.53 bits per heavy atom. The maximum Gasteiger partial charge on any atom is 0.231 e. The van der Waals surface area contributed by atoms with Crippen molar-refractivity contribution in [2.24, 2.45) is 5.73 Å². The zero-order chi connectivity index (χ0) is 12.9. The number of hydrogen-bond acceptors (Lipinski definition) is 2. The van der Waals surface area contributed by atoms with Crippen molar-refractivity contribution in [2.75, 3.05) is 13.0 Å². The van der Waals surface area contributed by atoms with Gasteiger partial charge in [0.2, 0.25) is 5.91 Å². The molecular formula is C11H11ClN2O. The summed E-state index contributed by atoms with van der Waals surface area (Å²) in [6, 6.07) is 6.69. The van der Waals surface area contributed by atoms with Gasteiger partial charge in [-0.05, 0) is 24.3 Å². The number of rotatable bonds is 3. The molecule has 0 aliphatic rings. The summed E-state index contributed by atoms with van der Waals surface area (Å²) in [4.78, 5) is 10.5. The van der Waals surface area contributed by atoms with Crippen molar-refractivity contribution >= 4 is 17.5 Å². The third-order valence-corrected chi connectivity index (χ3v) is 1.72. The molecule has 1 aromatic rings. The van der Waals surface area contributed by atoms with E-state index in [1.807, 2.05) is 0 Å². The van der Waals surface area contributed by atoms with Crippen LogP contribution < -0.4 is 11.1 Å². The normalized spacial score (nSPS) is 12.1. The number of hydrogen-bond donors (Lipinski definition) is 2. The minimum Gasteiger partial charge on any atom is -0.369 e. The highest BCUT2D eigenvalue weighted by Gasteiger charge is 1.89. The van der Waals surface area contributed by atoms with Crippen LogP contribution in [0, 0.1) is 11.8 Å². The molecule has 0 radical (unpaired) electrons. The monoisotopic (exact) mass is 224 g/mol. The van der Waals surface area contributed by atoms with Crippen LogP contribution in [0.5, 0.6) is 0 Å². The minimum atomic E-state index is -1.96. The molecule has 0 spiro atoms. The van der Waals surface area contributed by atoms with Crippen molar-refractivity contribution in [1.82, 2.24) is 5.32 Å². The van der Waals surface area contributed by atoms with Crippen LogP contribution in [0.2, 0.25) is 5.02 Å². The predicted octanol–water partition coefficient (Wildman–Crippen LogP) is 0.766. The Morgan fingerprint density at radius 3 is 2.80 bits per heavy atom. The lowest BCUT2D eigenvalue weighted by atomic mass is 10.2. The average molecular weight is 225 g/mol. The lowest BCUT2D eigenvalue weighted by Crippen LogP contribution is -2.28. The number of nitrogens with one attached hydrogen (secondary N) is 1. The maximum atomic E-state index is 10.5. The summed E-state index contributed by atoms with van der Waals surface area (Å²) >= 11 is 5.70. The second-order valence-corrected chi connectivity index (χ2v) is 3.14. The topological polar surface area (TPSA) is 55.1 Å². The number of nitrogens with two attached hydrogens (primary N) is 1. The Bertz CT molecular complexity index is 463. The van der Waals surface area contributed by atoms with Gasteiger partial charge in [-0.25, -0.2) is 0 Å². The van der Waals surface area contributed by atoms with Gasteiger partial charge in [0.25, 0.3) is 0 Å². The van der Waals surface area contributed by atoms with Gasteiger partial charge in [0, 0.05) is 10.6 Å². The molecule has 0 fully saturated rings. The van der Waals surface area contributed by atoms with Crippen molar-refractivity contribution in [3.63, 3.8) is 0 Å². The fourth-order valence-electron chi connectivity index (χ4n) is 0.812. The molecule has 1 amide bonds. The molecule has 3 nitrogen and oxygen atoms in total. The highest BCUT2D eigenvalue weighted by Crippen LogP contribution is 2.07. The molecule has 3 N–H and O–H groups in total. The quantitative estimate of drug-likeness (QED) is 0.746.